The normalized spacial score (nSPS) is 25.9. The molecule has 0 spiro atoms. The van der Waals surface area contributed by atoms with Crippen molar-refractivity contribution in [3.63, 3.8) is 0 Å². The summed E-state index contributed by atoms with van der Waals surface area (Å²) >= 11 is 9.49. The highest BCUT2D eigenvalue weighted by atomic mass is 79.9. The molecule has 5 heteroatoms. The fourth-order valence-electron chi connectivity index (χ4n) is 2.25. The summed E-state index contributed by atoms with van der Waals surface area (Å²) in [5, 5.41) is 0.746. The Kier molecular flexibility index (Phi) is 5.24. The third-order valence-corrected chi connectivity index (χ3v) is 5.64. The van der Waals surface area contributed by atoms with Gasteiger partial charge < -0.3 is 0 Å². The Balaban J connectivity index is 2.06. The minimum absolute atomic E-state index is 0.499. The summed E-state index contributed by atoms with van der Waals surface area (Å²) in [5.41, 5.74) is 1.24. The highest BCUT2D eigenvalue weighted by molar-refractivity contribution is 9.10. The van der Waals surface area contributed by atoms with E-state index in [1.807, 2.05) is 12.1 Å². The van der Waals surface area contributed by atoms with Crippen LogP contribution in [0.5, 0.6) is 0 Å². The van der Waals surface area contributed by atoms with Gasteiger partial charge in [0.1, 0.15) is 0 Å². The lowest BCUT2D eigenvalue weighted by Crippen LogP contribution is -2.28. The number of nitrogens with zero attached hydrogens (tertiary/aromatic N) is 1. The Morgan fingerprint density at radius 2 is 2.33 bits per heavy atom. The summed E-state index contributed by atoms with van der Waals surface area (Å²) in [6.07, 6.45) is 0. The van der Waals surface area contributed by atoms with E-state index < -0.39 is 10.8 Å². The first-order valence-electron chi connectivity index (χ1n) is 6.06. The van der Waals surface area contributed by atoms with E-state index in [9.17, 15) is 4.21 Å². The lowest BCUT2D eigenvalue weighted by Gasteiger charge is -2.22. The molecule has 2 nitrogen and oxygen atoms in total. The van der Waals surface area contributed by atoms with E-state index in [1.54, 1.807) is 0 Å². The van der Waals surface area contributed by atoms with E-state index in [0.717, 1.165) is 40.6 Å². The van der Waals surface area contributed by atoms with Crippen LogP contribution in [0.3, 0.4) is 0 Å². The second kappa shape index (κ2) is 6.51. The van der Waals surface area contributed by atoms with Gasteiger partial charge in [0.2, 0.25) is 0 Å². The molecule has 0 aliphatic carbocycles. The van der Waals surface area contributed by atoms with Crippen LogP contribution in [0, 0.1) is 5.92 Å². The van der Waals surface area contributed by atoms with Crippen LogP contribution in [-0.4, -0.2) is 33.7 Å². The molecule has 0 unspecified atom stereocenters. The van der Waals surface area contributed by atoms with Crippen molar-refractivity contribution in [3.8, 4) is 0 Å². The van der Waals surface area contributed by atoms with Crippen molar-refractivity contribution in [1.82, 2.24) is 4.90 Å². The number of rotatable bonds is 2. The van der Waals surface area contributed by atoms with Gasteiger partial charge in [0.15, 0.2) is 0 Å². The molecule has 1 heterocycles. The van der Waals surface area contributed by atoms with Crippen LogP contribution in [0.25, 0.3) is 0 Å². The molecule has 0 N–H and O–H groups in total. The quantitative estimate of drug-likeness (QED) is 0.815. The van der Waals surface area contributed by atoms with Gasteiger partial charge in [-0.15, -0.1) is 0 Å². The monoisotopic (exact) mass is 349 g/mol. The fraction of sp³-hybridized carbons (Fsp3) is 0.538. The smallest absolute Gasteiger partial charge is 0.0417 e. The van der Waals surface area contributed by atoms with E-state index in [2.05, 4.69) is 33.8 Å². The van der Waals surface area contributed by atoms with Crippen molar-refractivity contribution in [2.45, 2.75) is 13.5 Å². The van der Waals surface area contributed by atoms with Crippen LogP contribution in [0.4, 0.5) is 0 Å². The largest absolute Gasteiger partial charge is 0.298 e. The summed E-state index contributed by atoms with van der Waals surface area (Å²) in [4.78, 5) is 2.38. The zero-order valence-electron chi connectivity index (χ0n) is 10.4. The summed E-state index contributed by atoms with van der Waals surface area (Å²) in [5.74, 6) is 2.12. The van der Waals surface area contributed by atoms with E-state index >= 15 is 0 Å². The molecule has 0 aromatic heterocycles. The molecule has 1 aromatic carbocycles. The lowest BCUT2D eigenvalue weighted by atomic mass is 10.1. The molecule has 0 bridgehead atoms. The van der Waals surface area contributed by atoms with Crippen LogP contribution in [0.15, 0.2) is 22.7 Å². The standard InChI is InChI=1S/C13H17BrClNOS/c1-10-7-16(4-5-18(17)9-10)8-11-2-3-12(15)6-13(11)14/h2-3,6,10H,4-5,7-9H2,1H3/t10-,18+/m0/s1. The van der Waals surface area contributed by atoms with E-state index in [-0.39, 0.29) is 0 Å². The molecular formula is C13H17BrClNOS. The third kappa shape index (κ3) is 4.05. The molecule has 2 rings (SSSR count). The molecule has 18 heavy (non-hydrogen) atoms. The molecule has 0 amide bonds. The van der Waals surface area contributed by atoms with Gasteiger partial charge in [-0.25, -0.2) is 0 Å². The molecule has 0 saturated carbocycles. The van der Waals surface area contributed by atoms with Crippen LogP contribution < -0.4 is 0 Å². The van der Waals surface area contributed by atoms with Gasteiger partial charge in [0.25, 0.3) is 0 Å². The molecule has 1 aromatic rings. The van der Waals surface area contributed by atoms with Crippen LogP contribution in [-0.2, 0) is 17.3 Å². The maximum atomic E-state index is 11.7. The van der Waals surface area contributed by atoms with Crippen LogP contribution in [0.1, 0.15) is 12.5 Å². The van der Waals surface area contributed by atoms with Gasteiger partial charge in [-0.2, -0.15) is 0 Å². The van der Waals surface area contributed by atoms with Crippen LogP contribution in [0.2, 0.25) is 5.02 Å². The zero-order valence-corrected chi connectivity index (χ0v) is 13.5. The highest BCUT2D eigenvalue weighted by Crippen LogP contribution is 2.23. The first kappa shape index (κ1) is 14.5. The van der Waals surface area contributed by atoms with Crippen LogP contribution >= 0.6 is 27.5 Å². The minimum atomic E-state index is -0.650. The van der Waals surface area contributed by atoms with Crippen molar-refractivity contribution in [1.29, 1.82) is 0 Å². The van der Waals surface area contributed by atoms with Gasteiger partial charge >= 0.3 is 0 Å². The molecule has 0 radical (unpaired) electrons. The number of hydrogen-bond donors (Lipinski definition) is 0. The topological polar surface area (TPSA) is 20.3 Å². The summed E-state index contributed by atoms with van der Waals surface area (Å²) in [7, 11) is -0.650. The number of hydrogen-bond acceptors (Lipinski definition) is 2. The molecule has 1 aliphatic heterocycles. The Bertz CT molecular complexity index is 455. The average Bonchev–Trinajstić information content (AvgIpc) is 2.44. The minimum Gasteiger partial charge on any atom is -0.298 e. The lowest BCUT2D eigenvalue weighted by molar-refractivity contribution is 0.256. The zero-order chi connectivity index (χ0) is 13.1. The molecule has 100 valence electrons. The fourth-order valence-corrected chi connectivity index (χ4v) is 4.43. The number of benzene rings is 1. The summed E-state index contributed by atoms with van der Waals surface area (Å²) < 4.78 is 12.7. The molecular weight excluding hydrogens is 334 g/mol. The van der Waals surface area contributed by atoms with E-state index in [1.165, 1.54) is 5.56 Å². The van der Waals surface area contributed by atoms with Gasteiger partial charge in [-0.05, 0) is 23.6 Å². The molecule has 1 saturated heterocycles. The predicted octanol–water partition coefficient (Wildman–Crippen LogP) is 3.30. The highest BCUT2D eigenvalue weighted by Gasteiger charge is 2.19. The van der Waals surface area contributed by atoms with Crippen molar-refractivity contribution < 1.29 is 4.21 Å². The van der Waals surface area contributed by atoms with Gasteiger partial charge in [0.05, 0.1) is 0 Å². The Labute approximate surface area is 124 Å². The Hall–Kier alpha value is 0.1000. The molecule has 1 aliphatic rings. The van der Waals surface area contributed by atoms with Crippen molar-refractivity contribution in [2.24, 2.45) is 5.92 Å². The van der Waals surface area contributed by atoms with Gasteiger partial charge in [0, 0.05) is 51.4 Å². The maximum Gasteiger partial charge on any atom is 0.0417 e. The first-order valence-corrected chi connectivity index (χ1v) is 8.72. The third-order valence-electron chi connectivity index (χ3n) is 3.08. The molecule has 1 fully saturated rings. The first-order chi connectivity index (χ1) is 8.54. The van der Waals surface area contributed by atoms with Gasteiger partial charge in [-0.3, -0.25) is 9.11 Å². The second-order valence-corrected chi connectivity index (χ2v) is 7.80. The van der Waals surface area contributed by atoms with Crippen molar-refractivity contribution >= 4 is 38.3 Å². The van der Waals surface area contributed by atoms with E-state index in [0.29, 0.717) is 5.92 Å². The maximum absolute atomic E-state index is 11.7. The predicted molar refractivity (Wildman–Crippen MR) is 81.5 cm³/mol. The Morgan fingerprint density at radius 1 is 1.56 bits per heavy atom. The Morgan fingerprint density at radius 3 is 3.06 bits per heavy atom. The number of halogens is 2. The summed E-state index contributed by atoms with van der Waals surface area (Å²) in [6, 6.07) is 5.90. The average molecular weight is 351 g/mol. The van der Waals surface area contributed by atoms with Crippen molar-refractivity contribution in [2.75, 3.05) is 24.6 Å². The van der Waals surface area contributed by atoms with Gasteiger partial charge in [-0.1, -0.05) is 40.5 Å². The SMILES string of the molecule is C[C@H]1CN(Cc2ccc(Cl)cc2Br)CC[S@@](=O)C1. The summed E-state index contributed by atoms with van der Waals surface area (Å²) in [6.45, 7) is 4.99. The van der Waals surface area contributed by atoms with E-state index in [4.69, 9.17) is 11.6 Å². The molecule has 2 atom stereocenters. The van der Waals surface area contributed by atoms with Crippen molar-refractivity contribution in [3.05, 3.63) is 33.3 Å². The second-order valence-electron chi connectivity index (χ2n) is 4.89.